The van der Waals surface area contributed by atoms with Crippen molar-refractivity contribution in [1.29, 1.82) is 0 Å². The number of hydrogen-bond acceptors (Lipinski definition) is 4. The van der Waals surface area contributed by atoms with Crippen LogP contribution >= 0.6 is 22.9 Å². The summed E-state index contributed by atoms with van der Waals surface area (Å²) in [5, 5.41) is 0.769. The van der Waals surface area contributed by atoms with Crippen LogP contribution in [-0.4, -0.2) is 36.5 Å². The van der Waals surface area contributed by atoms with Gasteiger partial charge >= 0.3 is 5.92 Å². The molecule has 0 atom stereocenters. The topological polar surface area (TPSA) is 55.6 Å². The number of ether oxygens (including phenoxy) is 1. The third kappa shape index (κ3) is 7.72. The number of hydrogen-bond donors (Lipinski definition) is 1. The number of rotatable bonds is 9. The normalized spacial score (nSPS) is 15.8. The van der Waals surface area contributed by atoms with Gasteiger partial charge in [-0.25, -0.2) is 4.39 Å². The zero-order valence-electron chi connectivity index (χ0n) is 20.4. The van der Waals surface area contributed by atoms with E-state index in [0.717, 1.165) is 34.6 Å². The Kier molecular flexibility index (Phi) is 9.16. The fraction of sp³-hybridized carbons (Fsp3) is 0.393. The van der Waals surface area contributed by atoms with Gasteiger partial charge in [-0.2, -0.15) is 8.78 Å². The number of halogens is 4. The molecule has 1 saturated carbocycles. The molecule has 37 heavy (non-hydrogen) atoms. The maximum absolute atomic E-state index is 13.3. The molecule has 9 heteroatoms. The van der Waals surface area contributed by atoms with E-state index in [2.05, 4.69) is 22.8 Å². The number of nitrogens with two attached hydrogens (primary N) is 1. The average molecular weight is 551 g/mol. The summed E-state index contributed by atoms with van der Waals surface area (Å²) >= 11 is 7.03. The van der Waals surface area contributed by atoms with Gasteiger partial charge in [-0.3, -0.25) is 4.79 Å². The third-order valence-corrected chi connectivity index (χ3v) is 7.81. The highest BCUT2D eigenvalue weighted by atomic mass is 35.5. The highest BCUT2D eigenvalue weighted by Gasteiger charge is 2.40. The molecule has 198 valence electrons. The molecule has 2 heterocycles. The van der Waals surface area contributed by atoms with Gasteiger partial charge in [-0.05, 0) is 106 Å². The Bertz CT molecular complexity index is 1190. The van der Waals surface area contributed by atoms with Crippen LogP contribution in [0.5, 0.6) is 5.75 Å². The minimum absolute atomic E-state index is 0.405. The van der Waals surface area contributed by atoms with Gasteiger partial charge in [0.25, 0.3) is 5.91 Å². The van der Waals surface area contributed by atoms with Crippen LogP contribution in [0.3, 0.4) is 0 Å². The molecule has 2 aromatic carbocycles. The number of thiophene rings is 1. The van der Waals surface area contributed by atoms with Crippen molar-refractivity contribution < 1.29 is 22.7 Å². The molecular weight excluding hydrogens is 521 g/mol. The average Bonchev–Trinajstić information content (AvgIpc) is 3.31. The molecular formula is C28H30ClF3N2O2S. The molecule has 0 spiro atoms. The zero-order valence-corrected chi connectivity index (χ0v) is 22.0. The summed E-state index contributed by atoms with van der Waals surface area (Å²) in [6, 6.07) is 14.3. The predicted octanol–water partition coefficient (Wildman–Crippen LogP) is 7.04. The first-order valence-corrected chi connectivity index (χ1v) is 13.6. The fourth-order valence-corrected chi connectivity index (χ4v) is 5.31. The number of primary amides is 1. The Morgan fingerprint density at radius 3 is 2.41 bits per heavy atom. The number of amides is 1. The molecule has 2 N–H and O–H groups in total. The molecule has 0 bridgehead atoms. The number of nitrogens with zero attached hydrogens (tertiary/aromatic N) is 1. The van der Waals surface area contributed by atoms with Crippen molar-refractivity contribution in [2.24, 2.45) is 5.73 Å². The lowest BCUT2D eigenvalue weighted by molar-refractivity contribution is -0.142. The molecule has 1 amide bonds. The summed E-state index contributed by atoms with van der Waals surface area (Å²) in [7, 11) is 0. The molecule has 4 nitrogen and oxygen atoms in total. The van der Waals surface area contributed by atoms with Crippen molar-refractivity contribution >= 4 is 28.8 Å². The van der Waals surface area contributed by atoms with Gasteiger partial charge in [-0.15, -0.1) is 11.3 Å². The largest absolute Gasteiger partial charge is 0.489 e. The van der Waals surface area contributed by atoms with Crippen LogP contribution < -0.4 is 10.5 Å². The van der Waals surface area contributed by atoms with Crippen LogP contribution in [0.4, 0.5) is 13.2 Å². The van der Waals surface area contributed by atoms with Crippen LogP contribution in [0.25, 0.3) is 10.4 Å². The van der Waals surface area contributed by atoms with E-state index in [1.165, 1.54) is 87.6 Å². The molecule has 1 saturated heterocycles. The Hall–Kier alpha value is -2.55. The molecule has 2 aliphatic rings. The number of carbonyl (C=O) groups excluding carboxylic acids is 1. The third-order valence-electron chi connectivity index (χ3n) is 6.31. The first-order chi connectivity index (χ1) is 17.7. The number of alkyl halides is 2. The zero-order chi connectivity index (χ0) is 26.4. The van der Waals surface area contributed by atoms with Gasteiger partial charge in [0.1, 0.15) is 11.6 Å². The standard InChI is InChI=1S/C16H22ClNO.C12H8F3NOS/c17-15-12-13(4-3-11-18-9-1-2-10-18)5-8-16(15)19-14-6-7-14;13-8-3-1-7(2-4-8)9-5-6-10(18-9)12(14,15)11(16)17/h5,8,12,14H,1-4,6-7,9-11H2;1-6H,(H2,16,17). The fourth-order valence-electron chi connectivity index (χ4n) is 4.07. The summed E-state index contributed by atoms with van der Waals surface area (Å²) in [5.41, 5.74) is 6.57. The minimum Gasteiger partial charge on any atom is -0.489 e. The van der Waals surface area contributed by atoms with E-state index in [-0.39, 0.29) is 0 Å². The van der Waals surface area contributed by atoms with E-state index in [0.29, 0.717) is 16.5 Å². The second-order valence-electron chi connectivity index (χ2n) is 9.34. The SMILES string of the molecule is Clc1cc(CCCN2CCCC2)ccc1OC1CC1.NC(=O)C(F)(F)c1ccc(-c2ccc(F)cc2)s1. The van der Waals surface area contributed by atoms with Crippen LogP contribution in [0.15, 0.2) is 54.6 Å². The van der Waals surface area contributed by atoms with E-state index in [1.807, 2.05) is 6.07 Å². The molecule has 3 aromatic rings. The summed E-state index contributed by atoms with van der Waals surface area (Å²) in [6.45, 7) is 3.79. The van der Waals surface area contributed by atoms with Crippen molar-refractivity contribution in [3.8, 4) is 16.2 Å². The van der Waals surface area contributed by atoms with E-state index in [1.54, 1.807) is 0 Å². The van der Waals surface area contributed by atoms with E-state index in [4.69, 9.17) is 16.3 Å². The van der Waals surface area contributed by atoms with Gasteiger partial charge < -0.3 is 15.4 Å². The number of benzene rings is 2. The smallest absolute Gasteiger partial charge is 0.358 e. The summed E-state index contributed by atoms with van der Waals surface area (Å²) in [5.74, 6) is -4.91. The number of aryl methyl sites for hydroxylation is 1. The maximum atomic E-state index is 13.3. The monoisotopic (exact) mass is 550 g/mol. The first kappa shape index (κ1) is 27.5. The Morgan fingerprint density at radius 1 is 1.08 bits per heavy atom. The highest BCUT2D eigenvalue weighted by molar-refractivity contribution is 7.15. The van der Waals surface area contributed by atoms with Gasteiger partial charge in [0.05, 0.1) is 16.0 Å². The summed E-state index contributed by atoms with van der Waals surface area (Å²) in [6.07, 6.45) is 7.84. The van der Waals surface area contributed by atoms with Crippen LogP contribution in [0.1, 0.15) is 42.5 Å². The van der Waals surface area contributed by atoms with Crippen molar-refractivity contribution in [1.82, 2.24) is 4.90 Å². The summed E-state index contributed by atoms with van der Waals surface area (Å²) < 4.78 is 45.2. The lowest BCUT2D eigenvalue weighted by Crippen LogP contribution is -2.31. The van der Waals surface area contributed by atoms with Crippen LogP contribution in [-0.2, 0) is 17.1 Å². The van der Waals surface area contributed by atoms with E-state index in [9.17, 15) is 18.0 Å². The second-order valence-corrected chi connectivity index (χ2v) is 10.8. The van der Waals surface area contributed by atoms with Gasteiger partial charge in [0.2, 0.25) is 0 Å². The molecule has 0 unspecified atom stereocenters. The van der Waals surface area contributed by atoms with Crippen molar-refractivity contribution in [2.75, 3.05) is 19.6 Å². The van der Waals surface area contributed by atoms with Gasteiger partial charge in [0.15, 0.2) is 0 Å². The minimum atomic E-state index is -3.68. The first-order valence-electron chi connectivity index (χ1n) is 12.4. The van der Waals surface area contributed by atoms with Gasteiger partial charge in [0, 0.05) is 4.88 Å². The molecule has 1 aliphatic carbocycles. The Balaban J connectivity index is 0.000000173. The maximum Gasteiger partial charge on any atom is 0.358 e. The molecule has 0 radical (unpaired) electrons. The van der Waals surface area contributed by atoms with Crippen molar-refractivity contribution in [2.45, 2.75) is 50.6 Å². The summed E-state index contributed by atoms with van der Waals surface area (Å²) in [4.78, 5) is 13.3. The predicted molar refractivity (Wildman–Crippen MR) is 142 cm³/mol. The molecule has 1 aromatic heterocycles. The lowest BCUT2D eigenvalue weighted by atomic mass is 10.1. The lowest BCUT2D eigenvalue weighted by Gasteiger charge is -2.14. The second kappa shape index (κ2) is 12.3. The highest BCUT2D eigenvalue weighted by Crippen LogP contribution is 2.37. The number of likely N-dealkylation sites (tertiary alicyclic amines) is 1. The quantitative estimate of drug-likeness (QED) is 0.311. The van der Waals surface area contributed by atoms with Crippen molar-refractivity contribution in [3.63, 3.8) is 0 Å². The molecule has 5 rings (SSSR count). The van der Waals surface area contributed by atoms with Gasteiger partial charge in [-0.1, -0.05) is 29.8 Å². The number of carbonyl (C=O) groups is 1. The van der Waals surface area contributed by atoms with Crippen LogP contribution in [0, 0.1) is 5.82 Å². The van der Waals surface area contributed by atoms with E-state index >= 15 is 0 Å². The Labute approximate surface area is 224 Å². The molecule has 2 fully saturated rings. The van der Waals surface area contributed by atoms with E-state index < -0.39 is 22.5 Å². The van der Waals surface area contributed by atoms with Crippen LogP contribution in [0.2, 0.25) is 5.02 Å². The molecule has 1 aliphatic heterocycles. The Morgan fingerprint density at radius 2 is 1.78 bits per heavy atom. The van der Waals surface area contributed by atoms with Crippen molar-refractivity contribution in [3.05, 3.63) is 75.9 Å².